The Morgan fingerprint density at radius 3 is 2.08 bits per heavy atom. The highest BCUT2D eigenvalue weighted by Gasteiger charge is 2.33. The summed E-state index contributed by atoms with van der Waals surface area (Å²) in [6.07, 6.45) is 2.11. The van der Waals surface area contributed by atoms with Gasteiger partial charge in [-0.3, -0.25) is 13.9 Å². The second kappa shape index (κ2) is 13.8. The van der Waals surface area contributed by atoms with Crippen molar-refractivity contribution in [2.24, 2.45) is 0 Å². The molecule has 0 fully saturated rings. The Kier molecular flexibility index (Phi) is 10.7. The van der Waals surface area contributed by atoms with Crippen LogP contribution in [-0.2, 0) is 32.6 Å². The van der Waals surface area contributed by atoms with Crippen LogP contribution in [0.2, 0.25) is 0 Å². The molecule has 3 aromatic carbocycles. The number of amides is 2. The van der Waals surface area contributed by atoms with Gasteiger partial charge in [0.2, 0.25) is 21.8 Å². The molecule has 1 N–H and O–H groups in total. The maximum Gasteiger partial charge on any atom is 0.244 e. The summed E-state index contributed by atoms with van der Waals surface area (Å²) in [5.74, 6) is -0.743. The van der Waals surface area contributed by atoms with Crippen molar-refractivity contribution in [3.05, 3.63) is 100 Å². The van der Waals surface area contributed by atoms with Crippen molar-refractivity contribution in [3.8, 4) is 0 Å². The van der Waals surface area contributed by atoms with E-state index in [4.69, 9.17) is 0 Å². The maximum atomic E-state index is 14.1. The molecule has 3 aromatic rings. The Morgan fingerprint density at radius 1 is 0.949 bits per heavy atom. The summed E-state index contributed by atoms with van der Waals surface area (Å²) in [5, 5.41) is 3.03. The van der Waals surface area contributed by atoms with E-state index in [0.29, 0.717) is 5.69 Å². The molecule has 9 heteroatoms. The Hall–Kier alpha value is -3.17. The molecule has 2 amide bonds. The molecule has 39 heavy (non-hydrogen) atoms. The summed E-state index contributed by atoms with van der Waals surface area (Å²) in [7, 11) is -3.81. The van der Waals surface area contributed by atoms with Crippen LogP contribution in [0.3, 0.4) is 0 Å². The number of aryl methyl sites for hydroxylation is 1. The van der Waals surface area contributed by atoms with Gasteiger partial charge in [-0.2, -0.15) is 0 Å². The van der Waals surface area contributed by atoms with E-state index in [0.717, 1.165) is 38.1 Å². The molecule has 7 nitrogen and oxygen atoms in total. The van der Waals surface area contributed by atoms with Crippen LogP contribution >= 0.6 is 15.9 Å². The van der Waals surface area contributed by atoms with Gasteiger partial charge in [0.25, 0.3) is 0 Å². The van der Waals surface area contributed by atoms with Gasteiger partial charge in [-0.25, -0.2) is 8.42 Å². The number of anilines is 1. The molecule has 0 saturated heterocycles. The lowest BCUT2D eigenvalue weighted by atomic mass is 10.0. The zero-order valence-electron chi connectivity index (χ0n) is 22.8. The van der Waals surface area contributed by atoms with Crippen molar-refractivity contribution in [1.29, 1.82) is 0 Å². The largest absolute Gasteiger partial charge is 0.352 e. The molecule has 0 heterocycles. The summed E-state index contributed by atoms with van der Waals surface area (Å²) < 4.78 is 27.7. The number of benzene rings is 3. The Balaban J connectivity index is 2.05. The van der Waals surface area contributed by atoms with Crippen LogP contribution in [0, 0.1) is 6.92 Å². The van der Waals surface area contributed by atoms with Gasteiger partial charge in [0.15, 0.2) is 0 Å². The summed E-state index contributed by atoms with van der Waals surface area (Å²) in [6, 6.07) is 23.1. The summed E-state index contributed by atoms with van der Waals surface area (Å²) >= 11 is 3.44. The van der Waals surface area contributed by atoms with Gasteiger partial charge in [0, 0.05) is 23.5 Å². The molecular weight excluding hydrogens is 578 g/mol. The standard InChI is InChI=1S/C30H36BrN3O4S/c1-5-23(3)32-30(36)28(19-24-12-8-6-9-13-24)33(20-25-14-10-7-11-15-25)29(35)21-34(39(4,37)38)26-16-17-27(31)22(2)18-26/h6-18,23,28H,5,19-21H2,1-4H3,(H,32,36)/t23-,28-/m1/s1. The van der Waals surface area contributed by atoms with Crippen molar-refractivity contribution in [2.45, 2.75) is 52.2 Å². The molecule has 3 rings (SSSR count). The van der Waals surface area contributed by atoms with E-state index in [1.54, 1.807) is 18.2 Å². The van der Waals surface area contributed by atoms with Crippen LogP contribution < -0.4 is 9.62 Å². The predicted octanol–water partition coefficient (Wildman–Crippen LogP) is 5.08. The second-order valence-corrected chi connectivity index (χ2v) is 12.5. The van der Waals surface area contributed by atoms with Crippen LogP contribution in [0.4, 0.5) is 5.69 Å². The first-order valence-corrected chi connectivity index (χ1v) is 15.5. The summed E-state index contributed by atoms with van der Waals surface area (Å²) in [4.78, 5) is 29.2. The first kappa shape index (κ1) is 30.4. The van der Waals surface area contributed by atoms with Gasteiger partial charge < -0.3 is 10.2 Å². The smallest absolute Gasteiger partial charge is 0.244 e. The third kappa shape index (κ3) is 8.66. The van der Waals surface area contributed by atoms with Crippen LogP contribution in [0.25, 0.3) is 0 Å². The highest BCUT2D eigenvalue weighted by atomic mass is 79.9. The molecule has 0 aliphatic rings. The Morgan fingerprint density at radius 2 is 1.54 bits per heavy atom. The predicted molar refractivity (Wildman–Crippen MR) is 160 cm³/mol. The molecule has 0 aliphatic carbocycles. The van der Waals surface area contributed by atoms with Gasteiger partial charge in [0.1, 0.15) is 12.6 Å². The first-order chi connectivity index (χ1) is 18.5. The molecule has 0 bridgehead atoms. The normalized spacial score (nSPS) is 12.8. The fourth-order valence-corrected chi connectivity index (χ4v) is 5.26. The molecule has 0 aromatic heterocycles. The van der Waals surface area contributed by atoms with E-state index in [1.165, 1.54) is 4.90 Å². The average molecular weight is 615 g/mol. The van der Waals surface area contributed by atoms with Crippen molar-refractivity contribution in [3.63, 3.8) is 0 Å². The first-order valence-electron chi connectivity index (χ1n) is 12.9. The Bertz CT molecular complexity index is 1370. The van der Waals surface area contributed by atoms with Crippen LogP contribution in [0.5, 0.6) is 0 Å². The molecule has 208 valence electrons. The topological polar surface area (TPSA) is 86.8 Å². The van der Waals surface area contributed by atoms with Gasteiger partial charge >= 0.3 is 0 Å². The number of nitrogens with one attached hydrogen (secondary N) is 1. The van der Waals surface area contributed by atoms with E-state index < -0.39 is 28.5 Å². The summed E-state index contributed by atoms with van der Waals surface area (Å²) in [5.41, 5.74) is 2.96. The molecule has 0 spiro atoms. The number of halogens is 1. The molecule has 0 unspecified atom stereocenters. The van der Waals surface area contributed by atoms with Crippen molar-refractivity contribution < 1.29 is 18.0 Å². The SMILES string of the molecule is CC[C@@H](C)NC(=O)[C@@H](Cc1ccccc1)N(Cc1ccccc1)C(=O)CN(c1ccc(Br)c(C)c1)S(C)(=O)=O. The number of sulfonamides is 1. The zero-order valence-corrected chi connectivity index (χ0v) is 25.2. The lowest BCUT2D eigenvalue weighted by Gasteiger charge is -2.34. The fourth-order valence-electron chi connectivity index (χ4n) is 4.17. The van der Waals surface area contributed by atoms with Gasteiger partial charge in [0.05, 0.1) is 11.9 Å². The number of hydrogen-bond donors (Lipinski definition) is 1. The monoisotopic (exact) mass is 613 g/mol. The van der Waals surface area contributed by atoms with Crippen LogP contribution in [-0.4, -0.2) is 50.0 Å². The van der Waals surface area contributed by atoms with Crippen molar-refractivity contribution in [1.82, 2.24) is 10.2 Å². The molecular formula is C30H36BrN3O4S. The highest BCUT2D eigenvalue weighted by Crippen LogP contribution is 2.25. The third-order valence-corrected chi connectivity index (χ3v) is 8.61. The summed E-state index contributed by atoms with van der Waals surface area (Å²) in [6.45, 7) is 5.47. The molecule has 0 aliphatic heterocycles. The highest BCUT2D eigenvalue weighted by molar-refractivity contribution is 9.10. The van der Waals surface area contributed by atoms with E-state index in [1.807, 2.05) is 81.4 Å². The third-order valence-electron chi connectivity index (χ3n) is 6.58. The quantitative estimate of drug-likeness (QED) is 0.309. The van der Waals surface area contributed by atoms with Crippen LogP contribution in [0.1, 0.15) is 37.0 Å². The minimum atomic E-state index is -3.81. The van der Waals surface area contributed by atoms with E-state index in [9.17, 15) is 18.0 Å². The maximum absolute atomic E-state index is 14.1. The average Bonchev–Trinajstić information content (AvgIpc) is 2.91. The van der Waals surface area contributed by atoms with E-state index >= 15 is 0 Å². The molecule has 0 saturated carbocycles. The zero-order chi connectivity index (χ0) is 28.6. The number of carbonyl (C=O) groups excluding carboxylic acids is 2. The van der Waals surface area contributed by atoms with Gasteiger partial charge in [-0.15, -0.1) is 0 Å². The number of nitrogens with zero attached hydrogens (tertiary/aromatic N) is 2. The minimum absolute atomic E-state index is 0.0808. The fraction of sp³-hybridized carbons (Fsp3) is 0.333. The second-order valence-electron chi connectivity index (χ2n) is 9.73. The number of rotatable bonds is 12. The van der Waals surface area contributed by atoms with E-state index in [2.05, 4.69) is 21.2 Å². The van der Waals surface area contributed by atoms with Crippen molar-refractivity contribution >= 4 is 43.5 Å². The molecule has 0 radical (unpaired) electrons. The van der Waals surface area contributed by atoms with Gasteiger partial charge in [-0.1, -0.05) is 83.5 Å². The Labute approximate surface area is 240 Å². The van der Waals surface area contributed by atoms with Crippen LogP contribution in [0.15, 0.2) is 83.3 Å². The van der Waals surface area contributed by atoms with Gasteiger partial charge in [-0.05, 0) is 55.2 Å². The lowest BCUT2D eigenvalue weighted by Crippen LogP contribution is -2.54. The number of carbonyl (C=O) groups is 2. The minimum Gasteiger partial charge on any atom is -0.352 e. The van der Waals surface area contributed by atoms with E-state index in [-0.39, 0.29) is 24.9 Å². The number of hydrogen-bond acceptors (Lipinski definition) is 4. The molecule has 2 atom stereocenters. The van der Waals surface area contributed by atoms with Crippen molar-refractivity contribution in [2.75, 3.05) is 17.1 Å². The lowest BCUT2D eigenvalue weighted by molar-refractivity contribution is -0.140.